The highest BCUT2D eigenvalue weighted by molar-refractivity contribution is 6.28. The molecular formula is C12H11ClN2O2. The number of rotatable bonds is 3. The third-order valence-corrected chi connectivity index (χ3v) is 2.30. The van der Waals surface area contributed by atoms with Crippen molar-refractivity contribution >= 4 is 11.6 Å². The quantitative estimate of drug-likeness (QED) is 0.851. The highest BCUT2D eigenvalue weighted by atomic mass is 35.5. The van der Waals surface area contributed by atoms with E-state index in [1.54, 1.807) is 30.3 Å². The molecule has 0 saturated heterocycles. The van der Waals surface area contributed by atoms with Crippen LogP contribution in [-0.4, -0.2) is 15.1 Å². The summed E-state index contributed by atoms with van der Waals surface area (Å²) in [6, 6.07) is 8.79. The first-order chi connectivity index (χ1) is 8.17. The van der Waals surface area contributed by atoms with Gasteiger partial charge in [0.15, 0.2) is 0 Å². The van der Waals surface area contributed by atoms with E-state index in [1.165, 1.54) is 0 Å². The lowest BCUT2D eigenvalue weighted by Gasteiger charge is -2.06. The molecule has 2 aromatic rings. The predicted octanol–water partition coefficient (Wildman–Crippen LogP) is 2.72. The summed E-state index contributed by atoms with van der Waals surface area (Å²) in [4.78, 5) is 7.90. The fourth-order valence-corrected chi connectivity index (χ4v) is 1.56. The van der Waals surface area contributed by atoms with E-state index in [1.807, 2.05) is 6.92 Å². The topological polar surface area (TPSA) is 55.2 Å². The maximum Gasteiger partial charge on any atom is 0.225 e. The zero-order valence-corrected chi connectivity index (χ0v) is 9.98. The Morgan fingerprint density at radius 3 is 2.53 bits per heavy atom. The van der Waals surface area contributed by atoms with Crippen LogP contribution >= 0.6 is 11.6 Å². The fourth-order valence-electron chi connectivity index (χ4n) is 1.34. The number of benzene rings is 1. The molecule has 0 radical (unpaired) electrons. The summed E-state index contributed by atoms with van der Waals surface area (Å²) in [5.41, 5.74) is 1.57. The van der Waals surface area contributed by atoms with Crippen LogP contribution in [-0.2, 0) is 6.61 Å². The molecule has 2 rings (SSSR count). The van der Waals surface area contributed by atoms with Gasteiger partial charge in [-0.2, -0.15) is 4.98 Å². The molecule has 0 amide bonds. The SMILES string of the molecule is Cc1cc(Oc2ccc(CO)cc2)nc(Cl)n1. The molecule has 0 bridgehead atoms. The molecule has 1 aromatic heterocycles. The van der Waals surface area contributed by atoms with Crippen molar-refractivity contribution in [2.24, 2.45) is 0 Å². The molecule has 0 unspecified atom stereocenters. The molecule has 0 aliphatic rings. The van der Waals surface area contributed by atoms with Crippen molar-refractivity contribution < 1.29 is 9.84 Å². The van der Waals surface area contributed by atoms with E-state index in [0.717, 1.165) is 11.3 Å². The van der Waals surface area contributed by atoms with E-state index in [0.29, 0.717) is 11.6 Å². The van der Waals surface area contributed by atoms with Crippen LogP contribution in [0.1, 0.15) is 11.3 Å². The average Bonchev–Trinajstić information content (AvgIpc) is 2.28. The molecule has 4 nitrogen and oxygen atoms in total. The second-order valence-electron chi connectivity index (χ2n) is 3.52. The molecule has 0 saturated carbocycles. The molecular weight excluding hydrogens is 240 g/mol. The maximum absolute atomic E-state index is 8.91. The molecule has 0 spiro atoms. The van der Waals surface area contributed by atoms with Gasteiger partial charge in [0.25, 0.3) is 0 Å². The lowest BCUT2D eigenvalue weighted by Crippen LogP contribution is -1.92. The van der Waals surface area contributed by atoms with Gasteiger partial charge in [-0.15, -0.1) is 0 Å². The minimum Gasteiger partial charge on any atom is -0.439 e. The van der Waals surface area contributed by atoms with Gasteiger partial charge in [0.2, 0.25) is 11.2 Å². The summed E-state index contributed by atoms with van der Waals surface area (Å²) in [5, 5.41) is 9.07. The zero-order valence-electron chi connectivity index (χ0n) is 9.22. The van der Waals surface area contributed by atoms with E-state index in [2.05, 4.69) is 9.97 Å². The van der Waals surface area contributed by atoms with Gasteiger partial charge in [-0.1, -0.05) is 12.1 Å². The van der Waals surface area contributed by atoms with Crippen molar-refractivity contribution in [1.82, 2.24) is 9.97 Å². The minimum atomic E-state index is 0.0126. The molecule has 1 aromatic carbocycles. The van der Waals surface area contributed by atoms with Crippen LogP contribution in [0.3, 0.4) is 0 Å². The Morgan fingerprint density at radius 1 is 1.24 bits per heavy atom. The lowest BCUT2D eigenvalue weighted by atomic mass is 10.2. The molecule has 17 heavy (non-hydrogen) atoms. The van der Waals surface area contributed by atoms with Crippen LogP contribution in [0.2, 0.25) is 5.28 Å². The number of aliphatic hydroxyl groups excluding tert-OH is 1. The Morgan fingerprint density at radius 2 is 1.94 bits per heavy atom. The molecule has 1 N–H and O–H groups in total. The van der Waals surface area contributed by atoms with Crippen molar-refractivity contribution in [3.63, 3.8) is 0 Å². The lowest BCUT2D eigenvalue weighted by molar-refractivity contribution is 0.281. The largest absolute Gasteiger partial charge is 0.439 e. The predicted molar refractivity (Wildman–Crippen MR) is 64.2 cm³/mol. The van der Waals surface area contributed by atoms with E-state index in [-0.39, 0.29) is 11.9 Å². The molecule has 0 atom stereocenters. The Bertz CT molecular complexity index is 494. The van der Waals surface area contributed by atoms with E-state index >= 15 is 0 Å². The Balaban J connectivity index is 2.19. The van der Waals surface area contributed by atoms with Gasteiger partial charge in [0.1, 0.15) is 5.75 Å². The van der Waals surface area contributed by atoms with Gasteiger partial charge in [-0.25, -0.2) is 4.98 Å². The Hall–Kier alpha value is -1.65. The van der Waals surface area contributed by atoms with Crippen LogP contribution in [0.25, 0.3) is 0 Å². The van der Waals surface area contributed by atoms with Gasteiger partial charge < -0.3 is 9.84 Å². The van der Waals surface area contributed by atoms with Crippen LogP contribution in [0.15, 0.2) is 30.3 Å². The number of aromatic nitrogens is 2. The van der Waals surface area contributed by atoms with Crippen molar-refractivity contribution in [1.29, 1.82) is 0 Å². The van der Waals surface area contributed by atoms with E-state index < -0.39 is 0 Å². The Kier molecular flexibility index (Phi) is 3.56. The number of hydrogen-bond acceptors (Lipinski definition) is 4. The average molecular weight is 251 g/mol. The zero-order chi connectivity index (χ0) is 12.3. The number of aryl methyl sites for hydroxylation is 1. The van der Waals surface area contributed by atoms with E-state index in [9.17, 15) is 0 Å². The smallest absolute Gasteiger partial charge is 0.225 e. The van der Waals surface area contributed by atoms with Gasteiger partial charge in [0.05, 0.1) is 6.61 Å². The molecule has 0 aliphatic heterocycles. The minimum absolute atomic E-state index is 0.0126. The third kappa shape index (κ3) is 3.15. The van der Waals surface area contributed by atoms with Crippen molar-refractivity contribution in [3.8, 4) is 11.6 Å². The number of hydrogen-bond donors (Lipinski definition) is 1. The van der Waals surface area contributed by atoms with Gasteiger partial charge in [-0.3, -0.25) is 0 Å². The first-order valence-electron chi connectivity index (χ1n) is 5.06. The third-order valence-electron chi connectivity index (χ3n) is 2.13. The monoisotopic (exact) mass is 250 g/mol. The highest BCUT2D eigenvalue weighted by Crippen LogP contribution is 2.21. The second-order valence-corrected chi connectivity index (χ2v) is 3.86. The molecule has 88 valence electrons. The summed E-state index contributed by atoms with van der Waals surface area (Å²) < 4.78 is 5.52. The summed E-state index contributed by atoms with van der Waals surface area (Å²) in [6.45, 7) is 1.83. The first kappa shape index (κ1) is 11.8. The van der Waals surface area contributed by atoms with Crippen molar-refractivity contribution in [3.05, 3.63) is 46.9 Å². The van der Waals surface area contributed by atoms with Gasteiger partial charge in [-0.05, 0) is 36.2 Å². The molecule has 0 fully saturated rings. The van der Waals surface area contributed by atoms with Gasteiger partial charge >= 0.3 is 0 Å². The van der Waals surface area contributed by atoms with Crippen LogP contribution in [0.4, 0.5) is 0 Å². The summed E-state index contributed by atoms with van der Waals surface area (Å²) >= 11 is 5.73. The molecule has 5 heteroatoms. The van der Waals surface area contributed by atoms with Crippen LogP contribution in [0.5, 0.6) is 11.6 Å². The number of nitrogens with zero attached hydrogens (tertiary/aromatic N) is 2. The van der Waals surface area contributed by atoms with Crippen molar-refractivity contribution in [2.75, 3.05) is 0 Å². The van der Waals surface area contributed by atoms with E-state index in [4.69, 9.17) is 21.4 Å². The highest BCUT2D eigenvalue weighted by Gasteiger charge is 2.02. The second kappa shape index (κ2) is 5.12. The number of halogens is 1. The maximum atomic E-state index is 8.91. The van der Waals surface area contributed by atoms with Gasteiger partial charge in [0, 0.05) is 11.8 Å². The van der Waals surface area contributed by atoms with Crippen molar-refractivity contribution in [2.45, 2.75) is 13.5 Å². The summed E-state index contributed by atoms with van der Waals surface area (Å²) in [7, 11) is 0. The molecule has 1 heterocycles. The first-order valence-corrected chi connectivity index (χ1v) is 5.44. The summed E-state index contributed by atoms with van der Waals surface area (Å²) in [5.74, 6) is 1.04. The standard InChI is InChI=1S/C12H11ClN2O2/c1-8-6-11(15-12(13)14-8)17-10-4-2-9(7-16)3-5-10/h2-6,16H,7H2,1H3. The van der Waals surface area contributed by atoms with Crippen LogP contribution < -0.4 is 4.74 Å². The Labute approximate surface area is 104 Å². The molecule has 0 aliphatic carbocycles. The fraction of sp³-hybridized carbons (Fsp3) is 0.167. The number of ether oxygens (including phenoxy) is 1. The normalized spacial score (nSPS) is 10.3. The summed E-state index contributed by atoms with van der Waals surface area (Å²) in [6.07, 6.45) is 0. The van der Waals surface area contributed by atoms with Crippen LogP contribution in [0, 0.1) is 6.92 Å². The number of aliphatic hydroxyl groups is 1.